The second-order valence-electron chi connectivity index (χ2n) is 6.94. The number of hydrogen-bond acceptors (Lipinski definition) is 7. The van der Waals surface area contributed by atoms with Crippen molar-refractivity contribution < 1.29 is 31.9 Å². The van der Waals surface area contributed by atoms with Gasteiger partial charge in [0.15, 0.2) is 6.29 Å². The van der Waals surface area contributed by atoms with Gasteiger partial charge in [0.1, 0.15) is 24.4 Å². The molecule has 2 heterocycles. The van der Waals surface area contributed by atoms with Gasteiger partial charge in [0.2, 0.25) is 0 Å². The van der Waals surface area contributed by atoms with Gasteiger partial charge in [-0.3, -0.25) is 4.18 Å². The minimum atomic E-state index is -4.04. The van der Waals surface area contributed by atoms with E-state index in [2.05, 4.69) is 0 Å². The molecule has 2 aromatic rings. The minimum Gasteiger partial charge on any atom is -0.387 e. The van der Waals surface area contributed by atoms with Crippen molar-refractivity contribution in [3.05, 3.63) is 65.7 Å². The van der Waals surface area contributed by atoms with E-state index < -0.39 is 40.8 Å². The molecule has 0 saturated carbocycles. The van der Waals surface area contributed by atoms with Crippen molar-refractivity contribution in [3.8, 4) is 0 Å². The highest BCUT2D eigenvalue weighted by Gasteiger charge is 2.47. The van der Waals surface area contributed by atoms with Crippen LogP contribution >= 0.6 is 0 Å². The van der Waals surface area contributed by atoms with Crippen LogP contribution < -0.4 is 0 Å². The van der Waals surface area contributed by atoms with Crippen molar-refractivity contribution in [2.45, 2.75) is 42.5 Å². The van der Waals surface area contributed by atoms with E-state index in [1.54, 1.807) is 12.1 Å². The van der Waals surface area contributed by atoms with E-state index in [1.165, 1.54) is 12.1 Å². The van der Waals surface area contributed by atoms with E-state index in [-0.39, 0.29) is 18.1 Å². The third-order valence-corrected chi connectivity index (χ3v) is 6.23. The summed E-state index contributed by atoms with van der Waals surface area (Å²) in [4.78, 5) is 0.0301. The van der Waals surface area contributed by atoms with Gasteiger partial charge in [-0.2, -0.15) is 8.42 Å². The summed E-state index contributed by atoms with van der Waals surface area (Å²) in [6.07, 6.45) is -4.15. The smallest absolute Gasteiger partial charge is 0.297 e. The average molecular weight is 406 g/mol. The van der Waals surface area contributed by atoms with Crippen LogP contribution in [0.25, 0.3) is 0 Å². The van der Waals surface area contributed by atoms with Gasteiger partial charge in [-0.25, -0.2) is 0 Å². The molecule has 1 N–H and O–H groups in total. The lowest BCUT2D eigenvalue weighted by atomic mass is 9.99. The molecular formula is C20H22O7S. The lowest BCUT2D eigenvalue weighted by molar-refractivity contribution is -0.311. The zero-order valence-electron chi connectivity index (χ0n) is 15.3. The molecule has 28 heavy (non-hydrogen) atoms. The number of hydrogen-bond donors (Lipinski definition) is 1. The molecule has 0 amide bonds. The van der Waals surface area contributed by atoms with Crippen molar-refractivity contribution in [2.75, 3.05) is 13.2 Å². The van der Waals surface area contributed by atoms with Crippen LogP contribution in [0.2, 0.25) is 0 Å². The zero-order chi connectivity index (χ0) is 19.7. The number of aliphatic hydroxyl groups excluding tert-OH is 1. The van der Waals surface area contributed by atoms with Gasteiger partial charge < -0.3 is 19.3 Å². The number of aryl methyl sites for hydroxylation is 1. The standard InChI is InChI=1S/C20H22O7S/c1-13-7-9-15(10-8-13)28(22,23)27-16-11-24-17-12-25-20(26-19(17)18(16)21)14-5-3-2-4-6-14/h2-10,16-21H,11-12H2,1H3/t16-,17+,18+,19+,20?/m0/s1. The molecule has 2 saturated heterocycles. The van der Waals surface area contributed by atoms with Crippen molar-refractivity contribution in [2.24, 2.45) is 0 Å². The number of ether oxygens (including phenoxy) is 3. The monoisotopic (exact) mass is 406 g/mol. The molecule has 2 aliphatic heterocycles. The Kier molecular flexibility index (Phi) is 5.50. The van der Waals surface area contributed by atoms with Crippen molar-refractivity contribution in [1.29, 1.82) is 0 Å². The number of benzene rings is 2. The Morgan fingerprint density at radius 1 is 1.00 bits per heavy atom. The van der Waals surface area contributed by atoms with Crippen molar-refractivity contribution in [1.82, 2.24) is 0 Å². The molecule has 8 heteroatoms. The quantitative estimate of drug-likeness (QED) is 0.776. The second-order valence-corrected chi connectivity index (χ2v) is 8.51. The molecule has 2 aromatic carbocycles. The predicted octanol–water partition coefficient (Wildman–Crippen LogP) is 1.94. The number of fused-ring (bicyclic) bond motifs is 1. The molecule has 1 unspecified atom stereocenters. The van der Waals surface area contributed by atoms with Crippen LogP contribution in [0.4, 0.5) is 0 Å². The molecular weight excluding hydrogens is 384 g/mol. The summed E-state index contributed by atoms with van der Waals surface area (Å²) in [5.74, 6) is 0. The van der Waals surface area contributed by atoms with Gasteiger partial charge in [0.05, 0.1) is 18.1 Å². The number of rotatable bonds is 4. The molecule has 0 aromatic heterocycles. The van der Waals surface area contributed by atoms with E-state index >= 15 is 0 Å². The fraction of sp³-hybridized carbons (Fsp3) is 0.400. The summed E-state index contributed by atoms with van der Waals surface area (Å²) < 4.78 is 47.6. The van der Waals surface area contributed by atoms with E-state index in [9.17, 15) is 13.5 Å². The molecule has 2 fully saturated rings. The molecule has 4 rings (SSSR count). The minimum absolute atomic E-state index is 0.0301. The molecule has 0 spiro atoms. The maximum Gasteiger partial charge on any atom is 0.297 e. The molecule has 7 nitrogen and oxygen atoms in total. The summed E-state index contributed by atoms with van der Waals surface area (Å²) in [6, 6.07) is 15.6. The van der Waals surface area contributed by atoms with Crippen LogP contribution in [0.3, 0.4) is 0 Å². The van der Waals surface area contributed by atoms with E-state index in [0.29, 0.717) is 0 Å². The van der Waals surface area contributed by atoms with Gasteiger partial charge >= 0.3 is 0 Å². The summed E-state index contributed by atoms with van der Waals surface area (Å²) >= 11 is 0. The lowest BCUT2D eigenvalue weighted by Gasteiger charge is -2.44. The highest BCUT2D eigenvalue weighted by molar-refractivity contribution is 7.86. The molecule has 0 bridgehead atoms. The first kappa shape index (κ1) is 19.5. The first-order valence-electron chi connectivity index (χ1n) is 9.06. The first-order chi connectivity index (χ1) is 13.4. The Balaban J connectivity index is 1.48. The van der Waals surface area contributed by atoms with E-state index in [4.69, 9.17) is 18.4 Å². The van der Waals surface area contributed by atoms with Gasteiger partial charge in [0.25, 0.3) is 10.1 Å². The Labute approximate surface area is 163 Å². The maximum atomic E-state index is 12.5. The fourth-order valence-corrected chi connectivity index (χ4v) is 4.39. The SMILES string of the molecule is Cc1ccc(S(=O)(=O)O[C@H]2CO[C@@H]3COC(c4ccccc4)O[C@H]3[C@@H]2O)cc1. The first-order valence-corrected chi connectivity index (χ1v) is 10.5. The fourth-order valence-electron chi connectivity index (χ4n) is 3.31. The van der Waals surface area contributed by atoms with Crippen molar-refractivity contribution in [3.63, 3.8) is 0 Å². The van der Waals surface area contributed by atoms with Crippen LogP contribution in [-0.2, 0) is 28.5 Å². The highest BCUT2D eigenvalue weighted by Crippen LogP contribution is 2.33. The third-order valence-electron chi connectivity index (χ3n) is 4.88. The average Bonchev–Trinajstić information content (AvgIpc) is 2.71. The van der Waals surface area contributed by atoms with Gasteiger partial charge in [-0.05, 0) is 19.1 Å². The topological polar surface area (TPSA) is 91.3 Å². The van der Waals surface area contributed by atoms with Crippen molar-refractivity contribution >= 4 is 10.1 Å². The molecule has 5 atom stereocenters. The van der Waals surface area contributed by atoms with E-state index in [1.807, 2.05) is 37.3 Å². The third kappa shape index (κ3) is 3.98. The largest absolute Gasteiger partial charge is 0.387 e. The molecule has 2 aliphatic rings. The summed E-state index contributed by atoms with van der Waals surface area (Å²) in [5.41, 5.74) is 1.74. The Hall–Kier alpha value is -1.81. The summed E-state index contributed by atoms with van der Waals surface area (Å²) in [7, 11) is -4.04. The zero-order valence-corrected chi connectivity index (χ0v) is 16.1. The Morgan fingerprint density at radius 3 is 2.43 bits per heavy atom. The molecule has 0 radical (unpaired) electrons. The predicted molar refractivity (Wildman–Crippen MR) is 99.0 cm³/mol. The second kappa shape index (κ2) is 7.90. The van der Waals surface area contributed by atoms with Crippen LogP contribution in [0.15, 0.2) is 59.5 Å². The van der Waals surface area contributed by atoms with Crippen LogP contribution in [0.5, 0.6) is 0 Å². The normalized spacial score (nSPS) is 30.6. The maximum absolute atomic E-state index is 12.5. The number of aliphatic hydroxyl groups is 1. The van der Waals surface area contributed by atoms with Crippen LogP contribution in [-0.4, -0.2) is 51.2 Å². The summed E-state index contributed by atoms with van der Waals surface area (Å²) in [5, 5.41) is 10.7. The van der Waals surface area contributed by atoms with Crippen LogP contribution in [0.1, 0.15) is 17.4 Å². The lowest BCUT2D eigenvalue weighted by Crippen LogP contribution is -2.59. The Bertz CT molecular complexity index is 898. The van der Waals surface area contributed by atoms with Gasteiger partial charge in [-0.15, -0.1) is 0 Å². The molecule has 0 aliphatic carbocycles. The highest BCUT2D eigenvalue weighted by atomic mass is 32.2. The van der Waals surface area contributed by atoms with Crippen LogP contribution in [0, 0.1) is 6.92 Å². The Morgan fingerprint density at radius 2 is 1.71 bits per heavy atom. The van der Waals surface area contributed by atoms with Gasteiger partial charge in [0, 0.05) is 5.56 Å². The van der Waals surface area contributed by atoms with Gasteiger partial charge in [-0.1, -0.05) is 48.0 Å². The molecule has 150 valence electrons. The summed E-state index contributed by atoms with van der Waals surface area (Å²) in [6.45, 7) is 2.02. The van der Waals surface area contributed by atoms with E-state index in [0.717, 1.165) is 11.1 Å².